The van der Waals surface area contributed by atoms with Crippen LogP contribution in [-0.4, -0.2) is 22.7 Å². The van der Waals surface area contributed by atoms with Crippen molar-refractivity contribution in [2.45, 2.75) is 26.2 Å². The second-order valence-corrected chi connectivity index (χ2v) is 3.99. The molecule has 1 aromatic rings. The van der Waals surface area contributed by atoms with Crippen LogP contribution >= 0.6 is 12.2 Å². The minimum absolute atomic E-state index is 0.819. The van der Waals surface area contributed by atoms with Gasteiger partial charge < -0.3 is 9.99 Å². The molecule has 2 heterocycles. The van der Waals surface area contributed by atoms with Gasteiger partial charge in [-0.3, -0.25) is 0 Å². The maximum Gasteiger partial charge on any atom is 0.196 e. The Bertz CT molecular complexity index is 333. The molecular formula is C9H15N3S. The van der Waals surface area contributed by atoms with Gasteiger partial charge in [-0.15, -0.1) is 0 Å². The number of rotatable bonds is 1. The van der Waals surface area contributed by atoms with E-state index >= 15 is 0 Å². The summed E-state index contributed by atoms with van der Waals surface area (Å²) in [6, 6.07) is 0. The third-order valence-corrected chi connectivity index (χ3v) is 2.75. The van der Waals surface area contributed by atoms with Crippen LogP contribution in [0.1, 0.15) is 25.0 Å². The molecule has 1 fully saturated rings. The summed E-state index contributed by atoms with van der Waals surface area (Å²) in [5.74, 6) is 0. The molecule has 0 bridgehead atoms. The van der Waals surface area contributed by atoms with Crippen LogP contribution in [0.4, 0.5) is 0 Å². The summed E-state index contributed by atoms with van der Waals surface area (Å²) >= 11 is 5.22. The maximum absolute atomic E-state index is 5.22. The number of hydrogen-bond acceptors (Lipinski definition) is 2. The summed E-state index contributed by atoms with van der Waals surface area (Å²) in [6.45, 7) is 4.30. The fraction of sp³-hybridized carbons (Fsp3) is 0.667. The summed E-state index contributed by atoms with van der Waals surface area (Å²) in [5, 5.41) is 2.31. The largest absolute Gasteiger partial charge is 0.333 e. The van der Waals surface area contributed by atoms with Crippen LogP contribution in [0.25, 0.3) is 0 Å². The minimum atomic E-state index is 0.819. The molecule has 4 heteroatoms. The first kappa shape index (κ1) is 8.81. The number of piperidine rings is 1. The molecular weight excluding hydrogens is 182 g/mol. The van der Waals surface area contributed by atoms with Crippen molar-refractivity contribution in [1.82, 2.24) is 9.66 Å². The van der Waals surface area contributed by atoms with Gasteiger partial charge in [0.25, 0.3) is 0 Å². The Labute approximate surface area is 83.3 Å². The molecule has 0 atom stereocenters. The highest BCUT2D eigenvalue weighted by Crippen LogP contribution is 2.09. The van der Waals surface area contributed by atoms with Gasteiger partial charge in [0.05, 0.1) is 0 Å². The van der Waals surface area contributed by atoms with Crippen molar-refractivity contribution < 1.29 is 0 Å². The highest BCUT2D eigenvalue weighted by atomic mass is 32.1. The molecule has 0 spiro atoms. The maximum atomic E-state index is 5.22. The van der Waals surface area contributed by atoms with Gasteiger partial charge in [-0.05, 0) is 38.4 Å². The zero-order chi connectivity index (χ0) is 9.26. The summed E-state index contributed by atoms with van der Waals surface area (Å²) in [5.41, 5.74) is 1.13. The number of hydrogen-bond donors (Lipinski definition) is 1. The van der Waals surface area contributed by atoms with Gasteiger partial charge in [0.15, 0.2) is 4.77 Å². The van der Waals surface area contributed by atoms with Gasteiger partial charge in [0.1, 0.15) is 0 Å². The molecule has 0 saturated carbocycles. The fourth-order valence-electron chi connectivity index (χ4n) is 1.80. The van der Waals surface area contributed by atoms with Crippen molar-refractivity contribution in [3.05, 3.63) is 16.7 Å². The van der Waals surface area contributed by atoms with E-state index in [0.29, 0.717) is 0 Å². The van der Waals surface area contributed by atoms with Crippen molar-refractivity contribution in [2.24, 2.45) is 0 Å². The van der Waals surface area contributed by atoms with Crippen LogP contribution in [0.3, 0.4) is 0 Å². The highest BCUT2D eigenvalue weighted by molar-refractivity contribution is 7.71. The minimum Gasteiger partial charge on any atom is -0.333 e. The van der Waals surface area contributed by atoms with Crippen LogP contribution in [0, 0.1) is 11.7 Å². The third kappa shape index (κ3) is 1.77. The second kappa shape index (κ2) is 3.54. The van der Waals surface area contributed by atoms with Crippen LogP contribution in [0.2, 0.25) is 0 Å². The van der Waals surface area contributed by atoms with E-state index in [-0.39, 0.29) is 0 Å². The lowest BCUT2D eigenvalue weighted by atomic mass is 10.2. The number of nitrogens with zero attached hydrogens (tertiary/aromatic N) is 2. The lowest BCUT2D eigenvalue weighted by molar-refractivity contribution is 0.475. The predicted molar refractivity (Wildman–Crippen MR) is 56.2 cm³/mol. The van der Waals surface area contributed by atoms with Crippen LogP contribution < -0.4 is 5.01 Å². The molecule has 3 nitrogen and oxygen atoms in total. The molecule has 0 aromatic carbocycles. The molecule has 0 radical (unpaired) electrons. The van der Waals surface area contributed by atoms with E-state index in [1.165, 1.54) is 19.3 Å². The van der Waals surface area contributed by atoms with E-state index in [4.69, 9.17) is 12.2 Å². The van der Waals surface area contributed by atoms with E-state index in [9.17, 15) is 0 Å². The number of aryl methyl sites for hydroxylation is 1. The Morgan fingerprint density at radius 3 is 2.54 bits per heavy atom. The first-order valence-corrected chi connectivity index (χ1v) is 5.22. The zero-order valence-corrected chi connectivity index (χ0v) is 8.73. The van der Waals surface area contributed by atoms with Gasteiger partial charge in [-0.2, -0.15) is 0 Å². The predicted octanol–water partition coefficient (Wildman–Crippen LogP) is 1.98. The molecule has 0 unspecified atom stereocenters. The van der Waals surface area contributed by atoms with Crippen LogP contribution in [0.15, 0.2) is 6.20 Å². The van der Waals surface area contributed by atoms with Crippen molar-refractivity contribution in [3.63, 3.8) is 0 Å². The van der Waals surface area contributed by atoms with E-state index in [0.717, 1.165) is 23.6 Å². The molecule has 1 aliphatic rings. The summed E-state index contributed by atoms with van der Waals surface area (Å²) in [7, 11) is 0. The van der Waals surface area contributed by atoms with Gasteiger partial charge in [-0.1, -0.05) is 0 Å². The average molecular weight is 197 g/mol. The zero-order valence-electron chi connectivity index (χ0n) is 7.92. The first-order chi connectivity index (χ1) is 6.27. The van der Waals surface area contributed by atoms with E-state index in [2.05, 4.69) is 20.9 Å². The normalized spacial score (nSPS) is 17.8. The highest BCUT2D eigenvalue weighted by Gasteiger charge is 2.11. The Hall–Kier alpha value is -0.770. The first-order valence-electron chi connectivity index (χ1n) is 4.81. The number of nitrogens with one attached hydrogen (secondary N) is 1. The Balaban J connectivity index is 2.23. The molecule has 1 saturated heterocycles. The lowest BCUT2D eigenvalue weighted by Crippen LogP contribution is -2.38. The Kier molecular flexibility index (Phi) is 2.40. The van der Waals surface area contributed by atoms with E-state index in [1.54, 1.807) is 0 Å². The SMILES string of the molecule is Cc1cn(N2CCCCC2)c(=S)[nH]1. The average Bonchev–Trinajstić information content (AvgIpc) is 2.47. The molecule has 0 aliphatic carbocycles. The smallest absolute Gasteiger partial charge is 0.196 e. The standard InChI is InChI=1S/C9H15N3S/c1-8-7-12(9(13)10-8)11-5-3-2-4-6-11/h7H,2-6H2,1H3,(H,10,13). The molecule has 13 heavy (non-hydrogen) atoms. The molecule has 1 aromatic heterocycles. The Morgan fingerprint density at radius 1 is 1.31 bits per heavy atom. The Morgan fingerprint density at radius 2 is 2.00 bits per heavy atom. The van der Waals surface area contributed by atoms with Gasteiger partial charge in [0, 0.05) is 25.0 Å². The quantitative estimate of drug-likeness (QED) is 0.696. The van der Waals surface area contributed by atoms with Gasteiger partial charge >= 0.3 is 0 Å². The molecule has 72 valence electrons. The number of aromatic nitrogens is 2. The molecule has 1 aliphatic heterocycles. The van der Waals surface area contributed by atoms with E-state index in [1.807, 2.05) is 6.92 Å². The topological polar surface area (TPSA) is 24.0 Å². The number of aromatic amines is 1. The van der Waals surface area contributed by atoms with Gasteiger partial charge in [0.2, 0.25) is 0 Å². The number of H-pyrrole nitrogens is 1. The van der Waals surface area contributed by atoms with Gasteiger partial charge in [-0.25, -0.2) is 4.68 Å². The van der Waals surface area contributed by atoms with Crippen LogP contribution in [0.5, 0.6) is 0 Å². The molecule has 0 amide bonds. The van der Waals surface area contributed by atoms with Crippen molar-refractivity contribution in [2.75, 3.05) is 18.1 Å². The summed E-state index contributed by atoms with van der Waals surface area (Å²) < 4.78 is 2.89. The fourth-order valence-corrected chi connectivity index (χ4v) is 2.13. The molecule has 1 N–H and O–H groups in total. The third-order valence-electron chi connectivity index (χ3n) is 2.47. The van der Waals surface area contributed by atoms with Crippen molar-refractivity contribution >= 4 is 12.2 Å². The van der Waals surface area contributed by atoms with Crippen LogP contribution in [-0.2, 0) is 0 Å². The van der Waals surface area contributed by atoms with Crippen molar-refractivity contribution in [3.8, 4) is 0 Å². The van der Waals surface area contributed by atoms with E-state index < -0.39 is 0 Å². The summed E-state index contributed by atoms with van der Waals surface area (Å²) in [4.78, 5) is 3.14. The monoisotopic (exact) mass is 197 g/mol. The molecule has 2 rings (SSSR count). The summed E-state index contributed by atoms with van der Waals surface area (Å²) in [6.07, 6.45) is 6.00. The second-order valence-electron chi connectivity index (χ2n) is 3.60. The van der Waals surface area contributed by atoms with Crippen molar-refractivity contribution in [1.29, 1.82) is 0 Å². The lowest BCUT2D eigenvalue weighted by Gasteiger charge is -2.29. The number of imidazole rings is 1.